The minimum atomic E-state index is -0.694. The maximum absolute atomic E-state index is 11.0. The number of rotatable bonds is 8. The van der Waals surface area contributed by atoms with E-state index in [1.807, 2.05) is 20.8 Å². The fourth-order valence-electron chi connectivity index (χ4n) is 1.69. The predicted octanol–water partition coefficient (Wildman–Crippen LogP) is 4.15. The third kappa shape index (κ3) is 9.32. The Morgan fingerprint density at radius 1 is 1.30 bits per heavy atom. The molecule has 20 heavy (non-hydrogen) atoms. The van der Waals surface area contributed by atoms with E-state index in [2.05, 4.69) is 33.7 Å². The number of carbonyl (C=O) groups is 1. The van der Waals surface area contributed by atoms with E-state index in [0.717, 1.165) is 31.3 Å². The molecule has 0 aromatic rings. The summed E-state index contributed by atoms with van der Waals surface area (Å²) in [5.41, 5.74) is 1.64. The number of halogens is 1. The van der Waals surface area contributed by atoms with Crippen LogP contribution in [0.4, 0.5) is 0 Å². The molecule has 116 valence electrons. The Labute approximate surface area is 131 Å². The molecule has 0 saturated heterocycles. The first-order valence-corrected chi connectivity index (χ1v) is 7.85. The molecule has 1 unspecified atom stereocenters. The zero-order chi connectivity index (χ0) is 15.8. The van der Waals surface area contributed by atoms with Crippen LogP contribution in [-0.2, 0) is 9.53 Å². The molecule has 0 aliphatic carbocycles. The summed E-state index contributed by atoms with van der Waals surface area (Å²) < 4.78 is 4.59. The quantitative estimate of drug-likeness (QED) is 0.311. The summed E-state index contributed by atoms with van der Waals surface area (Å²) in [6.45, 7) is 7.66. The van der Waals surface area contributed by atoms with Gasteiger partial charge in [0, 0.05) is 10.9 Å². The van der Waals surface area contributed by atoms with Gasteiger partial charge in [-0.15, -0.1) is 0 Å². The number of ether oxygens (including phenoxy) is 1. The molecule has 4 heteroatoms. The largest absolute Gasteiger partial charge is 0.466 e. The SMILES string of the molecule is COC(=O)C=C(C)CCC=C(C)CCC(Br)C(C)(C)O. The van der Waals surface area contributed by atoms with Gasteiger partial charge >= 0.3 is 5.97 Å². The Balaban J connectivity index is 4.09. The third-order valence-corrected chi connectivity index (χ3v) is 4.73. The first-order valence-electron chi connectivity index (χ1n) is 6.94. The molecule has 0 amide bonds. The highest BCUT2D eigenvalue weighted by Crippen LogP contribution is 2.24. The Morgan fingerprint density at radius 2 is 1.90 bits per heavy atom. The van der Waals surface area contributed by atoms with Crippen molar-refractivity contribution in [2.75, 3.05) is 7.11 Å². The van der Waals surface area contributed by atoms with Crippen molar-refractivity contribution in [3.05, 3.63) is 23.3 Å². The molecule has 1 atom stereocenters. The van der Waals surface area contributed by atoms with Gasteiger partial charge in [-0.3, -0.25) is 0 Å². The first kappa shape index (κ1) is 19.4. The minimum Gasteiger partial charge on any atom is -0.466 e. The lowest BCUT2D eigenvalue weighted by Gasteiger charge is -2.24. The number of alkyl halides is 1. The van der Waals surface area contributed by atoms with Crippen molar-refractivity contribution >= 4 is 21.9 Å². The lowest BCUT2D eigenvalue weighted by molar-refractivity contribution is -0.134. The maximum Gasteiger partial charge on any atom is 0.330 e. The van der Waals surface area contributed by atoms with Crippen LogP contribution in [-0.4, -0.2) is 28.6 Å². The molecule has 0 heterocycles. The molecule has 0 saturated carbocycles. The minimum absolute atomic E-state index is 0.0966. The molecule has 0 aromatic carbocycles. The van der Waals surface area contributed by atoms with Crippen LogP contribution < -0.4 is 0 Å². The van der Waals surface area contributed by atoms with Crippen LogP contribution >= 0.6 is 15.9 Å². The number of hydrogen-bond acceptors (Lipinski definition) is 3. The summed E-state index contributed by atoms with van der Waals surface area (Å²) >= 11 is 3.52. The number of carbonyl (C=O) groups excluding carboxylic acids is 1. The normalized spacial score (nSPS) is 15.2. The Kier molecular flexibility index (Phi) is 9.06. The van der Waals surface area contributed by atoms with Crippen LogP contribution in [0.2, 0.25) is 0 Å². The molecule has 3 nitrogen and oxygen atoms in total. The molecule has 0 fully saturated rings. The number of hydrogen-bond donors (Lipinski definition) is 1. The van der Waals surface area contributed by atoms with E-state index in [-0.39, 0.29) is 10.8 Å². The highest BCUT2D eigenvalue weighted by atomic mass is 79.9. The van der Waals surface area contributed by atoms with Gasteiger partial charge in [-0.25, -0.2) is 4.79 Å². The average molecular weight is 347 g/mol. The molecular formula is C16H27BrO3. The summed E-state index contributed by atoms with van der Waals surface area (Å²) in [6.07, 6.45) is 7.36. The van der Waals surface area contributed by atoms with E-state index in [1.54, 1.807) is 0 Å². The Bertz CT molecular complexity index is 364. The van der Waals surface area contributed by atoms with Gasteiger partial charge < -0.3 is 9.84 Å². The third-order valence-electron chi connectivity index (χ3n) is 3.16. The Hall–Kier alpha value is -0.610. The monoisotopic (exact) mass is 346 g/mol. The fourth-order valence-corrected chi connectivity index (χ4v) is 1.92. The van der Waals surface area contributed by atoms with Crippen LogP contribution in [0.5, 0.6) is 0 Å². The number of aliphatic hydroxyl groups is 1. The van der Waals surface area contributed by atoms with Gasteiger partial charge in [0.1, 0.15) is 0 Å². The van der Waals surface area contributed by atoms with E-state index < -0.39 is 5.60 Å². The topological polar surface area (TPSA) is 46.5 Å². The lowest BCUT2D eigenvalue weighted by atomic mass is 9.98. The lowest BCUT2D eigenvalue weighted by Crippen LogP contribution is -2.31. The van der Waals surface area contributed by atoms with Gasteiger partial charge in [0.2, 0.25) is 0 Å². The van der Waals surface area contributed by atoms with Crippen LogP contribution in [0.3, 0.4) is 0 Å². The maximum atomic E-state index is 11.0. The molecule has 0 aliphatic heterocycles. The van der Waals surface area contributed by atoms with E-state index in [4.69, 9.17) is 0 Å². The summed E-state index contributed by atoms with van der Waals surface area (Å²) in [6, 6.07) is 0. The van der Waals surface area contributed by atoms with E-state index in [9.17, 15) is 9.90 Å². The number of esters is 1. The van der Waals surface area contributed by atoms with Gasteiger partial charge in [-0.05, 0) is 53.4 Å². The van der Waals surface area contributed by atoms with Crippen LogP contribution in [0.15, 0.2) is 23.3 Å². The van der Waals surface area contributed by atoms with Gasteiger partial charge in [0.05, 0.1) is 12.7 Å². The summed E-state index contributed by atoms with van der Waals surface area (Å²) in [5.74, 6) is -0.296. The smallest absolute Gasteiger partial charge is 0.330 e. The van der Waals surface area contributed by atoms with Crippen molar-refractivity contribution in [3.63, 3.8) is 0 Å². The zero-order valence-corrected chi connectivity index (χ0v) is 14.8. The van der Waals surface area contributed by atoms with Gasteiger partial charge in [0.25, 0.3) is 0 Å². The molecule has 0 bridgehead atoms. The molecule has 0 aliphatic rings. The van der Waals surface area contributed by atoms with Gasteiger partial charge in [0.15, 0.2) is 0 Å². The van der Waals surface area contributed by atoms with Crippen molar-refractivity contribution in [2.24, 2.45) is 0 Å². The summed E-state index contributed by atoms with van der Waals surface area (Å²) in [4.78, 5) is 11.1. The predicted molar refractivity (Wildman–Crippen MR) is 87.0 cm³/mol. The first-order chi connectivity index (χ1) is 9.16. The Morgan fingerprint density at radius 3 is 2.40 bits per heavy atom. The highest BCUT2D eigenvalue weighted by molar-refractivity contribution is 9.09. The van der Waals surface area contributed by atoms with Crippen LogP contribution in [0.25, 0.3) is 0 Å². The molecule has 0 spiro atoms. The summed E-state index contributed by atoms with van der Waals surface area (Å²) in [7, 11) is 1.38. The molecular weight excluding hydrogens is 320 g/mol. The average Bonchev–Trinajstić information content (AvgIpc) is 2.34. The second-order valence-electron chi connectivity index (χ2n) is 5.76. The second-order valence-corrected chi connectivity index (χ2v) is 6.87. The molecule has 1 N–H and O–H groups in total. The fraction of sp³-hybridized carbons (Fsp3) is 0.688. The standard InChI is InChI=1S/C16H27BrO3/c1-12(9-10-14(17)16(3,4)19)7-6-8-13(2)11-15(18)20-5/h7,11,14,19H,6,8-10H2,1-5H3. The zero-order valence-electron chi connectivity index (χ0n) is 13.2. The summed E-state index contributed by atoms with van der Waals surface area (Å²) in [5, 5.41) is 9.84. The molecule has 0 aromatic heterocycles. The van der Waals surface area contributed by atoms with Crippen molar-refractivity contribution in [3.8, 4) is 0 Å². The van der Waals surface area contributed by atoms with E-state index >= 15 is 0 Å². The van der Waals surface area contributed by atoms with Crippen LogP contribution in [0, 0.1) is 0 Å². The van der Waals surface area contributed by atoms with E-state index in [0.29, 0.717) is 0 Å². The second kappa shape index (κ2) is 9.35. The van der Waals surface area contributed by atoms with Gasteiger partial charge in [-0.1, -0.05) is 33.2 Å². The number of allylic oxidation sites excluding steroid dienone is 3. The van der Waals surface area contributed by atoms with Gasteiger partial charge in [-0.2, -0.15) is 0 Å². The highest BCUT2D eigenvalue weighted by Gasteiger charge is 2.23. The van der Waals surface area contributed by atoms with Crippen molar-refractivity contribution in [1.29, 1.82) is 0 Å². The number of methoxy groups -OCH3 is 1. The van der Waals surface area contributed by atoms with E-state index in [1.165, 1.54) is 18.8 Å². The molecule has 0 rings (SSSR count). The molecule has 0 radical (unpaired) electrons. The van der Waals surface area contributed by atoms with Crippen molar-refractivity contribution in [1.82, 2.24) is 0 Å². The van der Waals surface area contributed by atoms with Crippen LogP contribution in [0.1, 0.15) is 53.4 Å². The van der Waals surface area contributed by atoms with Crippen molar-refractivity contribution < 1.29 is 14.6 Å². The van der Waals surface area contributed by atoms with Crippen molar-refractivity contribution in [2.45, 2.75) is 63.8 Å².